The van der Waals surface area contributed by atoms with Crippen LogP contribution >= 0.6 is 23.4 Å². The molecule has 0 saturated carbocycles. The number of ether oxygens (including phenoxy) is 2. The van der Waals surface area contributed by atoms with E-state index in [1.165, 1.54) is 40.9 Å². The van der Waals surface area contributed by atoms with Gasteiger partial charge in [0.2, 0.25) is 18.6 Å². The zero-order valence-corrected chi connectivity index (χ0v) is 19.8. The molecule has 0 radical (unpaired) electrons. The molecular formula is C25H19ClFN3O4S. The number of halogens is 2. The molecule has 2 amide bonds. The van der Waals surface area contributed by atoms with Crippen LogP contribution in [0.1, 0.15) is 12.0 Å². The lowest BCUT2D eigenvalue weighted by atomic mass is 10.1. The van der Waals surface area contributed by atoms with Gasteiger partial charge in [0.15, 0.2) is 16.7 Å². The fourth-order valence-electron chi connectivity index (χ4n) is 3.62. The SMILES string of the molecule is O=C(Nc1ccccc1Cl)[C@@H]1CC(=O)N(Cc2ccc3c(c2)OCO3)C(=Nc2ccc(F)cc2)S1. The predicted octanol–water partition coefficient (Wildman–Crippen LogP) is 5.37. The number of amides is 2. The first-order valence-electron chi connectivity index (χ1n) is 10.7. The Kier molecular flexibility index (Phi) is 6.61. The van der Waals surface area contributed by atoms with Gasteiger partial charge >= 0.3 is 0 Å². The molecule has 2 aliphatic heterocycles. The Morgan fingerprint density at radius 2 is 1.89 bits per heavy atom. The van der Waals surface area contributed by atoms with Crippen molar-refractivity contribution >= 4 is 51.7 Å². The van der Waals surface area contributed by atoms with Gasteiger partial charge in [-0.3, -0.25) is 14.5 Å². The van der Waals surface area contributed by atoms with E-state index in [4.69, 9.17) is 21.1 Å². The summed E-state index contributed by atoms with van der Waals surface area (Å²) in [5.41, 5.74) is 1.74. The monoisotopic (exact) mass is 511 g/mol. The topological polar surface area (TPSA) is 80.2 Å². The summed E-state index contributed by atoms with van der Waals surface area (Å²) in [5.74, 6) is 0.237. The van der Waals surface area contributed by atoms with Crippen molar-refractivity contribution in [2.75, 3.05) is 12.1 Å². The number of hydrogen-bond donors (Lipinski definition) is 1. The summed E-state index contributed by atoms with van der Waals surface area (Å²) in [6.07, 6.45) is -0.0199. The third-order valence-electron chi connectivity index (χ3n) is 5.39. The molecule has 0 unspecified atom stereocenters. The number of aliphatic imine (C=N–C) groups is 1. The highest BCUT2D eigenvalue weighted by Crippen LogP contribution is 2.35. The summed E-state index contributed by atoms with van der Waals surface area (Å²) in [4.78, 5) is 32.3. The molecule has 10 heteroatoms. The van der Waals surface area contributed by atoms with E-state index in [0.717, 1.165) is 5.56 Å². The number of thioether (sulfide) groups is 1. The van der Waals surface area contributed by atoms with E-state index >= 15 is 0 Å². The van der Waals surface area contributed by atoms with Crippen LogP contribution in [0.15, 0.2) is 71.7 Å². The van der Waals surface area contributed by atoms with Crippen LogP contribution in [-0.2, 0) is 16.1 Å². The second-order valence-corrected chi connectivity index (χ2v) is 9.40. The van der Waals surface area contributed by atoms with E-state index in [9.17, 15) is 14.0 Å². The zero-order valence-electron chi connectivity index (χ0n) is 18.2. The Morgan fingerprint density at radius 3 is 2.69 bits per heavy atom. The second kappa shape index (κ2) is 9.97. The molecular weight excluding hydrogens is 493 g/mol. The van der Waals surface area contributed by atoms with E-state index < -0.39 is 11.1 Å². The predicted molar refractivity (Wildman–Crippen MR) is 133 cm³/mol. The van der Waals surface area contributed by atoms with E-state index in [0.29, 0.717) is 33.1 Å². The van der Waals surface area contributed by atoms with Gasteiger partial charge in [0.1, 0.15) is 11.1 Å². The Bertz CT molecular complexity index is 1320. The average molecular weight is 512 g/mol. The minimum Gasteiger partial charge on any atom is -0.454 e. The third kappa shape index (κ3) is 5.26. The van der Waals surface area contributed by atoms with Crippen LogP contribution in [0.2, 0.25) is 5.02 Å². The van der Waals surface area contributed by atoms with Crippen LogP contribution in [0.25, 0.3) is 0 Å². The molecule has 1 saturated heterocycles. The third-order valence-corrected chi connectivity index (χ3v) is 6.91. The maximum atomic E-state index is 13.4. The quantitative estimate of drug-likeness (QED) is 0.498. The number of carbonyl (C=O) groups excluding carboxylic acids is 2. The molecule has 1 atom stereocenters. The van der Waals surface area contributed by atoms with Crippen molar-refractivity contribution in [1.82, 2.24) is 4.90 Å². The van der Waals surface area contributed by atoms with Crippen molar-refractivity contribution in [3.05, 3.63) is 83.1 Å². The molecule has 178 valence electrons. The van der Waals surface area contributed by atoms with Gasteiger partial charge in [0, 0.05) is 6.42 Å². The lowest BCUT2D eigenvalue weighted by Gasteiger charge is -2.32. The fourth-order valence-corrected chi connectivity index (χ4v) is 4.90. The van der Waals surface area contributed by atoms with Crippen LogP contribution in [-0.4, -0.2) is 33.9 Å². The zero-order chi connectivity index (χ0) is 24.4. The van der Waals surface area contributed by atoms with Gasteiger partial charge in [-0.05, 0) is 54.1 Å². The highest BCUT2D eigenvalue weighted by atomic mass is 35.5. The first-order chi connectivity index (χ1) is 17.0. The van der Waals surface area contributed by atoms with E-state index in [-0.39, 0.29) is 31.6 Å². The average Bonchev–Trinajstić information content (AvgIpc) is 3.32. The molecule has 2 aliphatic rings. The number of carbonyl (C=O) groups is 2. The molecule has 5 rings (SSSR count). The van der Waals surface area contributed by atoms with Gasteiger partial charge in [0.25, 0.3) is 0 Å². The first kappa shape index (κ1) is 23.2. The molecule has 0 aliphatic carbocycles. The molecule has 2 heterocycles. The van der Waals surface area contributed by atoms with E-state index in [1.807, 2.05) is 12.1 Å². The lowest BCUT2D eigenvalue weighted by Crippen LogP contribution is -2.44. The number of nitrogens with one attached hydrogen (secondary N) is 1. The van der Waals surface area contributed by atoms with E-state index in [1.54, 1.807) is 30.3 Å². The summed E-state index contributed by atoms with van der Waals surface area (Å²) in [6, 6.07) is 17.9. The van der Waals surface area contributed by atoms with Crippen molar-refractivity contribution in [3.8, 4) is 11.5 Å². The molecule has 0 aromatic heterocycles. The molecule has 7 nitrogen and oxygen atoms in total. The number of hydrogen-bond acceptors (Lipinski definition) is 6. The summed E-state index contributed by atoms with van der Waals surface area (Å²) in [5, 5.41) is 2.81. The maximum absolute atomic E-state index is 13.4. The van der Waals surface area contributed by atoms with Crippen molar-refractivity contribution in [2.24, 2.45) is 4.99 Å². The van der Waals surface area contributed by atoms with Gasteiger partial charge in [-0.15, -0.1) is 0 Å². The second-order valence-electron chi connectivity index (χ2n) is 7.82. The Hall–Kier alpha value is -3.56. The van der Waals surface area contributed by atoms with Gasteiger partial charge in [-0.25, -0.2) is 9.38 Å². The molecule has 1 N–H and O–H groups in total. The van der Waals surface area contributed by atoms with Gasteiger partial charge in [-0.2, -0.15) is 0 Å². The summed E-state index contributed by atoms with van der Waals surface area (Å²) in [7, 11) is 0. The summed E-state index contributed by atoms with van der Waals surface area (Å²) >= 11 is 7.34. The van der Waals surface area contributed by atoms with Gasteiger partial charge in [-0.1, -0.05) is 41.6 Å². The van der Waals surface area contributed by atoms with Crippen LogP contribution in [0, 0.1) is 5.82 Å². The number of para-hydroxylation sites is 1. The molecule has 0 bridgehead atoms. The fraction of sp³-hybridized carbons (Fsp3) is 0.160. The van der Waals surface area contributed by atoms with Crippen molar-refractivity contribution < 1.29 is 23.5 Å². The van der Waals surface area contributed by atoms with Gasteiger partial charge < -0.3 is 14.8 Å². The van der Waals surface area contributed by atoms with Crippen LogP contribution in [0.3, 0.4) is 0 Å². The highest BCUT2D eigenvalue weighted by Gasteiger charge is 2.36. The highest BCUT2D eigenvalue weighted by molar-refractivity contribution is 8.15. The minimum atomic E-state index is -0.717. The summed E-state index contributed by atoms with van der Waals surface area (Å²) < 4.78 is 24.2. The first-order valence-corrected chi connectivity index (χ1v) is 12.0. The Balaban J connectivity index is 1.41. The van der Waals surface area contributed by atoms with Crippen LogP contribution in [0.4, 0.5) is 15.8 Å². The van der Waals surface area contributed by atoms with Crippen LogP contribution in [0.5, 0.6) is 11.5 Å². The Labute approximate surface area is 209 Å². The largest absolute Gasteiger partial charge is 0.454 e. The van der Waals surface area contributed by atoms with Crippen molar-refractivity contribution in [1.29, 1.82) is 0 Å². The number of benzene rings is 3. The van der Waals surface area contributed by atoms with E-state index in [2.05, 4.69) is 10.3 Å². The number of rotatable bonds is 5. The Morgan fingerprint density at radius 1 is 1.11 bits per heavy atom. The lowest BCUT2D eigenvalue weighted by molar-refractivity contribution is -0.129. The minimum absolute atomic E-state index is 0.0199. The van der Waals surface area contributed by atoms with Crippen molar-refractivity contribution in [3.63, 3.8) is 0 Å². The number of amidine groups is 1. The molecule has 3 aromatic carbocycles. The summed E-state index contributed by atoms with van der Waals surface area (Å²) in [6.45, 7) is 0.373. The normalized spacial score (nSPS) is 18.1. The molecule has 0 spiro atoms. The maximum Gasteiger partial charge on any atom is 0.238 e. The molecule has 3 aromatic rings. The van der Waals surface area contributed by atoms with Crippen LogP contribution < -0.4 is 14.8 Å². The standard InChI is InChI=1S/C25H19ClFN3O4S/c26-18-3-1-2-4-19(18)29-24(32)22-12-23(31)30(13-15-5-10-20-21(11-15)34-14-33-20)25(35-22)28-17-8-6-16(27)7-9-17/h1-11,22H,12-14H2,(H,29,32)/t22-/m0/s1. The smallest absolute Gasteiger partial charge is 0.238 e. The molecule has 35 heavy (non-hydrogen) atoms. The molecule has 1 fully saturated rings. The van der Waals surface area contributed by atoms with Crippen molar-refractivity contribution in [2.45, 2.75) is 18.2 Å². The van der Waals surface area contributed by atoms with Gasteiger partial charge in [0.05, 0.1) is 22.9 Å². The number of nitrogens with zero attached hydrogens (tertiary/aromatic N) is 2. The number of anilines is 1. The number of fused-ring (bicyclic) bond motifs is 1.